The molecular weight excluding hydrogens is 223 g/mol. The molecule has 0 fully saturated rings. The van der Waals surface area contributed by atoms with Crippen LogP contribution in [0.25, 0.3) is 0 Å². The number of unbranched alkanes of at least 4 members (excludes halogenated alkanes) is 8. The van der Waals surface area contributed by atoms with Gasteiger partial charge in [-0.2, -0.15) is 0 Å². The Hall–Kier alpha value is -0.240. The minimum Gasteiger partial charge on any atom is -0.134 e. The van der Waals surface area contributed by atoms with Crippen molar-refractivity contribution in [1.82, 2.24) is 0 Å². The predicted molar refractivity (Wildman–Crippen MR) is 69.5 cm³/mol. The second-order valence-electron chi connectivity index (χ2n) is 3.80. The van der Waals surface area contributed by atoms with Crippen LogP contribution in [0.15, 0.2) is 12.7 Å². The van der Waals surface area contributed by atoms with E-state index >= 15 is 0 Å². The van der Waals surface area contributed by atoms with E-state index in [0.29, 0.717) is 0 Å². The molecule has 0 atom stereocenters. The lowest BCUT2D eigenvalue weighted by Gasteiger charge is -1.99. The van der Waals surface area contributed by atoms with Crippen molar-refractivity contribution in [3.63, 3.8) is 0 Å². The third-order valence-electron chi connectivity index (χ3n) is 2.26. The van der Waals surface area contributed by atoms with Crippen LogP contribution < -0.4 is 0 Å². The Morgan fingerprint density at radius 3 is 1.75 bits per heavy atom. The highest BCUT2D eigenvalue weighted by Crippen LogP contribution is 2.09. The van der Waals surface area contributed by atoms with Gasteiger partial charge in [0.05, 0.1) is 0 Å². The molecule has 0 heterocycles. The molecule has 0 saturated heterocycles. The quantitative estimate of drug-likeness (QED) is 0.363. The molecule has 0 aliphatic carbocycles. The number of hydrogen-bond donors (Lipinski definition) is 2. The Bertz CT molecular complexity index is 156. The molecule has 0 rings (SSSR count). The van der Waals surface area contributed by atoms with E-state index in [2.05, 4.69) is 13.5 Å². The van der Waals surface area contributed by atoms with E-state index in [9.17, 15) is 0 Å². The van der Waals surface area contributed by atoms with Crippen molar-refractivity contribution in [1.29, 1.82) is 0 Å². The molecule has 0 amide bonds. The van der Waals surface area contributed by atoms with Gasteiger partial charge in [-0.3, -0.25) is 0 Å². The lowest BCUT2D eigenvalue weighted by molar-refractivity contribution is 0.405. The van der Waals surface area contributed by atoms with E-state index in [-0.39, 0.29) is 0 Å². The van der Waals surface area contributed by atoms with E-state index in [4.69, 9.17) is 14.4 Å². The second kappa shape index (κ2) is 17.2. The molecule has 0 aliphatic heterocycles. The molecule has 0 aromatic heterocycles. The van der Waals surface area contributed by atoms with Gasteiger partial charge in [-0.15, -0.1) is 16.4 Å². The van der Waals surface area contributed by atoms with E-state index in [1.165, 1.54) is 57.8 Å². The predicted octanol–water partition coefficient (Wildman–Crippen LogP) is 4.33. The van der Waals surface area contributed by atoms with Crippen LogP contribution in [0, 0.1) is 0 Å². The number of hydrogen-bond acceptors (Lipinski definition) is 1. The van der Waals surface area contributed by atoms with Crippen LogP contribution in [-0.2, 0) is 4.57 Å². The molecule has 0 spiro atoms. The fourth-order valence-electron chi connectivity index (χ4n) is 1.42. The van der Waals surface area contributed by atoms with Gasteiger partial charge < -0.3 is 0 Å². The van der Waals surface area contributed by atoms with E-state index in [1.54, 1.807) is 0 Å². The van der Waals surface area contributed by atoms with Gasteiger partial charge in [0.2, 0.25) is 0 Å². The van der Waals surface area contributed by atoms with Crippen LogP contribution in [0.5, 0.6) is 0 Å². The summed E-state index contributed by atoms with van der Waals surface area (Å²) in [6.45, 7) is 5.99. The molecule has 4 heteroatoms. The maximum atomic E-state index is 8.70. The Kier molecular flexibility index (Phi) is 19.5. The average molecular weight is 249 g/mol. The minimum atomic E-state index is -2.87. The molecule has 0 radical (unpaired) electrons. The Balaban J connectivity index is 0. The van der Waals surface area contributed by atoms with Crippen molar-refractivity contribution in [3.8, 4) is 0 Å². The summed E-state index contributed by atoms with van der Waals surface area (Å²) in [4.78, 5) is 14.2. The number of rotatable bonds is 9. The Morgan fingerprint density at radius 2 is 1.38 bits per heavy atom. The van der Waals surface area contributed by atoms with Crippen LogP contribution >= 0.6 is 8.25 Å². The molecule has 96 valence electrons. The summed E-state index contributed by atoms with van der Waals surface area (Å²) < 4.78 is 8.70. The van der Waals surface area contributed by atoms with Gasteiger partial charge in [-0.05, 0) is 12.8 Å². The largest absolute Gasteiger partial charge is 0.692 e. The molecule has 0 aliphatic rings. The summed E-state index contributed by atoms with van der Waals surface area (Å²) in [5, 5.41) is 0. The first-order valence-electron chi connectivity index (χ1n) is 6.11. The topological polar surface area (TPSA) is 57.5 Å². The normalized spacial score (nSPS) is 9.19. The first-order valence-corrected chi connectivity index (χ1v) is 7.27. The molecular formula is C12H26O3P+. The first kappa shape index (κ1) is 18.1. The molecule has 2 N–H and O–H groups in total. The maximum absolute atomic E-state index is 8.70. The third kappa shape index (κ3) is 29.2. The van der Waals surface area contributed by atoms with Gasteiger partial charge in [-0.25, -0.2) is 0 Å². The fourth-order valence-corrected chi connectivity index (χ4v) is 1.42. The zero-order chi connectivity index (χ0) is 12.6. The highest BCUT2D eigenvalue weighted by atomic mass is 31.1. The van der Waals surface area contributed by atoms with E-state index in [0.717, 1.165) is 0 Å². The van der Waals surface area contributed by atoms with Crippen LogP contribution in [-0.4, -0.2) is 9.79 Å². The van der Waals surface area contributed by atoms with Gasteiger partial charge in [0, 0.05) is 4.57 Å². The van der Waals surface area contributed by atoms with Gasteiger partial charge in [-0.1, -0.05) is 57.9 Å². The molecule has 16 heavy (non-hydrogen) atoms. The zero-order valence-corrected chi connectivity index (χ0v) is 11.3. The summed E-state index contributed by atoms with van der Waals surface area (Å²) in [5.41, 5.74) is 0. The highest BCUT2D eigenvalue weighted by Gasteiger charge is 1.93. The maximum Gasteiger partial charge on any atom is 0.692 e. The Morgan fingerprint density at radius 1 is 1.00 bits per heavy atom. The van der Waals surface area contributed by atoms with Crippen molar-refractivity contribution in [2.75, 3.05) is 0 Å². The first-order chi connectivity index (χ1) is 7.65. The summed E-state index contributed by atoms with van der Waals surface area (Å²) >= 11 is 0. The van der Waals surface area contributed by atoms with Crippen LogP contribution in [0.1, 0.15) is 64.7 Å². The summed E-state index contributed by atoms with van der Waals surface area (Å²) in [7, 11) is -2.87. The number of allylic oxidation sites excluding steroid dienone is 1. The average Bonchev–Trinajstić information content (AvgIpc) is 2.21. The van der Waals surface area contributed by atoms with Gasteiger partial charge >= 0.3 is 8.25 Å². The van der Waals surface area contributed by atoms with Gasteiger partial charge in [0.25, 0.3) is 0 Å². The van der Waals surface area contributed by atoms with E-state index < -0.39 is 8.25 Å². The molecule has 0 saturated carbocycles. The SMILES string of the molecule is C=CCCCCCCCCCC.O=[P+](O)O. The fraction of sp³-hybridized carbons (Fsp3) is 0.833. The van der Waals surface area contributed by atoms with Crippen molar-refractivity contribution in [2.45, 2.75) is 64.7 Å². The summed E-state index contributed by atoms with van der Waals surface area (Å²) in [5.74, 6) is 0. The molecule has 0 bridgehead atoms. The molecule has 3 nitrogen and oxygen atoms in total. The lowest BCUT2D eigenvalue weighted by atomic mass is 10.1. The van der Waals surface area contributed by atoms with Gasteiger partial charge in [0.1, 0.15) is 0 Å². The second-order valence-corrected chi connectivity index (χ2v) is 4.31. The monoisotopic (exact) mass is 249 g/mol. The Labute approximate surface area is 101 Å². The van der Waals surface area contributed by atoms with Crippen molar-refractivity contribution >= 4 is 8.25 Å². The summed E-state index contributed by atoms with van der Waals surface area (Å²) in [6.07, 6.45) is 14.5. The van der Waals surface area contributed by atoms with Crippen molar-refractivity contribution < 1.29 is 14.4 Å². The smallest absolute Gasteiger partial charge is 0.134 e. The third-order valence-corrected chi connectivity index (χ3v) is 2.26. The molecule has 0 unspecified atom stereocenters. The lowest BCUT2D eigenvalue weighted by Crippen LogP contribution is -1.79. The van der Waals surface area contributed by atoms with Crippen molar-refractivity contribution in [3.05, 3.63) is 12.7 Å². The van der Waals surface area contributed by atoms with Crippen LogP contribution in [0.3, 0.4) is 0 Å². The highest BCUT2D eigenvalue weighted by molar-refractivity contribution is 7.30. The molecule has 0 aromatic carbocycles. The van der Waals surface area contributed by atoms with E-state index in [1.807, 2.05) is 6.08 Å². The molecule has 0 aromatic rings. The minimum absolute atomic E-state index is 1.20. The standard InChI is InChI=1S/C12H24.HO3P/c1-3-5-7-9-11-12-10-8-6-4-2;1-4(2)3/h3H,1,4-12H2,2H3;(H-,1,2,3)/p+1. The van der Waals surface area contributed by atoms with Crippen LogP contribution in [0.2, 0.25) is 0 Å². The van der Waals surface area contributed by atoms with Gasteiger partial charge in [0.15, 0.2) is 0 Å². The zero-order valence-electron chi connectivity index (χ0n) is 10.4. The van der Waals surface area contributed by atoms with Crippen LogP contribution in [0.4, 0.5) is 0 Å². The van der Waals surface area contributed by atoms with Crippen molar-refractivity contribution in [2.24, 2.45) is 0 Å². The summed E-state index contributed by atoms with van der Waals surface area (Å²) in [6, 6.07) is 0.